The van der Waals surface area contributed by atoms with Crippen LogP contribution in [0.3, 0.4) is 0 Å². The van der Waals surface area contributed by atoms with Gasteiger partial charge in [0.2, 0.25) is 8.32 Å². The van der Waals surface area contributed by atoms with Crippen molar-refractivity contribution in [3.05, 3.63) is 29.8 Å². The van der Waals surface area contributed by atoms with Gasteiger partial charge < -0.3 is 4.80 Å². The summed E-state index contributed by atoms with van der Waals surface area (Å²) in [6.07, 6.45) is 0. The molecule has 0 aliphatic rings. The molecule has 0 saturated carbocycles. The SMILES string of the molecule is CC(=O)c1ccc([Si](C)(C)O)cc1. The zero-order valence-corrected chi connectivity index (χ0v) is 9.16. The van der Waals surface area contributed by atoms with Crippen molar-refractivity contribution in [3.63, 3.8) is 0 Å². The molecule has 0 spiro atoms. The number of carbonyl (C=O) groups excluding carboxylic acids is 1. The minimum absolute atomic E-state index is 0.0592. The molecular formula is C10H14O2Si. The van der Waals surface area contributed by atoms with E-state index in [-0.39, 0.29) is 5.78 Å². The summed E-state index contributed by atoms with van der Waals surface area (Å²) in [4.78, 5) is 20.7. The minimum Gasteiger partial charge on any atom is -0.428 e. The maximum absolute atomic E-state index is 11.0. The van der Waals surface area contributed by atoms with Gasteiger partial charge in [-0.1, -0.05) is 24.3 Å². The third kappa shape index (κ3) is 2.50. The molecule has 0 radical (unpaired) electrons. The number of hydrogen-bond donors (Lipinski definition) is 1. The Bertz CT molecular complexity index is 309. The average molecular weight is 194 g/mol. The third-order valence-electron chi connectivity index (χ3n) is 2.00. The van der Waals surface area contributed by atoms with E-state index in [1.165, 1.54) is 6.92 Å². The Labute approximate surface area is 79.4 Å². The normalized spacial score (nSPS) is 11.4. The lowest BCUT2D eigenvalue weighted by Gasteiger charge is -2.14. The van der Waals surface area contributed by atoms with E-state index < -0.39 is 8.32 Å². The largest absolute Gasteiger partial charge is 0.428 e. The van der Waals surface area contributed by atoms with Crippen molar-refractivity contribution in [3.8, 4) is 0 Å². The molecule has 0 amide bonds. The predicted molar refractivity (Wildman–Crippen MR) is 55.8 cm³/mol. The molecule has 70 valence electrons. The van der Waals surface area contributed by atoms with Crippen molar-refractivity contribution in [1.29, 1.82) is 0 Å². The highest BCUT2D eigenvalue weighted by molar-refractivity contribution is 6.83. The Balaban J connectivity index is 3.01. The summed E-state index contributed by atoms with van der Waals surface area (Å²) in [5.74, 6) is 0.0592. The smallest absolute Gasteiger partial charge is 0.213 e. The molecule has 0 saturated heterocycles. The highest BCUT2D eigenvalue weighted by Gasteiger charge is 2.19. The van der Waals surface area contributed by atoms with Gasteiger partial charge >= 0.3 is 0 Å². The van der Waals surface area contributed by atoms with E-state index in [1.807, 2.05) is 25.2 Å². The predicted octanol–water partition coefficient (Wildman–Crippen LogP) is 1.29. The first-order valence-corrected chi connectivity index (χ1v) is 7.20. The van der Waals surface area contributed by atoms with Crippen LogP contribution in [0.1, 0.15) is 17.3 Å². The van der Waals surface area contributed by atoms with Crippen LogP contribution in [0.2, 0.25) is 13.1 Å². The fourth-order valence-electron chi connectivity index (χ4n) is 1.11. The van der Waals surface area contributed by atoms with Gasteiger partial charge in [-0.15, -0.1) is 0 Å². The van der Waals surface area contributed by atoms with Gasteiger partial charge in [-0.3, -0.25) is 4.79 Å². The first-order chi connectivity index (χ1) is 5.91. The van der Waals surface area contributed by atoms with Crippen LogP contribution in [-0.4, -0.2) is 18.9 Å². The zero-order chi connectivity index (χ0) is 10.1. The van der Waals surface area contributed by atoms with Crippen molar-refractivity contribution < 1.29 is 9.59 Å². The van der Waals surface area contributed by atoms with Gasteiger partial charge in [0.05, 0.1) is 0 Å². The maximum atomic E-state index is 11.0. The Morgan fingerprint density at radius 1 is 1.23 bits per heavy atom. The Morgan fingerprint density at radius 2 is 1.69 bits per heavy atom. The van der Waals surface area contributed by atoms with Gasteiger partial charge in [-0.2, -0.15) is 0 Å². The van der Waals surface area contributed by atoms with Crippen molar-refractivity contribution in [2.24, 2.45) is 0 Å². The molecule has 1 rings (SSSR count). The summed E-state index contributed by atoms with van der Waals surface area (Å²) >= 11 is 0. The molecule has 0 heterocycles. The van der Waals surface area contributed by atoms with E-state index in [1.54, 1.807) is 12.1 Å². The Kier molecular flexibility index (Phi) is 2.68. The number of ketones is 1. The van der Waals surface area contributed by atoms with Crippen LogP contribution in [0, 0.1) is 0 Å². The van der Waals surface area contributed by atoms with Gasteiger partial charge in [0.25, 0.3) is 0 Å². The molecule has 2 nitrogen and oxygen atoms in total. The quantitative estimate of drug-likeness (QED) is 0.569. The molecule has 0 fully saturated rings. The van der Waals surface area contributed by atoms with E-state index in [9.17, 15) is 9.59 Å². The molecule has 0 atom stereocenters. The summed E-state index contributed by atoms with van der Waals surface area (Å²) in [5.41, 5.74) is 0.696. The highest BCUT2D eigenvalue weighted by Crippen LogP contribution is 2.02. The molecular weight excluding hydrogens is 180 g/mol. The lowest BCUT2D eigenvalue weighted by atomic mass is 10.2. The second-order valence-electron chi connectivity index (χ2n) is 3.69. The van der Waals surface area contributed by atoms with Crippen LogP contribution in [0.4, 0.5) is 0 Å². The fraction of sp³-hybridized carbons (Fsp3) is 0.300. The zero-order valence-electron chi connectivity index (χ0n) is 8.16. The van der Waals surface area contributed by atoms with Crippen LogP contribution < -0.4 is 5.19 Å². The summed E-state index contributed by atoms with van der Waals surface area (Å²) < 4.78 is 0. The summed E-state index contributed by atoms with van der Waals surface area (Å²) in [6.45, 7) is 5.25. The molecule has 0 aromatic heterocycles. The first-order valence-electron chi connectivity index (χ1n) is 4.25. The van der Waals surface area contributed by atoms with Gasteiger partial charge in [-0.05, 0) is 25.2 Å². The molecule has 1 aromatic carbocycles. The first kappa shape index (κ1) is 10.1. The van der Waals surface area contributed by atoms with E-state index in [4.69, 9.17) is 0 Å². The maximum Gasteiger partial charge on any atom is 0.213 e. The van der Waals surface area contributed by atoms with Crippen LogP contribution >= 0.6 is 0 Å². The summed E-state index contributed by atoms with van der Waals surface area (Å²) in [7, 11) is -2.20. The topological polar surface area (TPSA) is 37.3 Å². The highest BCUT2D eigenvalue weighted by atomic mass is 28.4. The molecule has 1 N–H and O–H groups in total. The Morgan fingerprint density at radius 3 is 2.00 bits per heavy atom. The van der Waals surface area contributed by atoms with Crippen LogP contribution in [0.25, 0.3) is 0 Å². The molecule has 0 bridgehead atoms. The third-order valence-corrected chi connectivity index (χ3v) is 3.74. The second kappa shape index (κ2) is 3.44. The standard InChI is InChI=1S/C10H14O2Si/c1-8(11)9-4-6-10(7-5-9)13(2,3)12/h4-7,12H,1-3H3. The van der Waals surface area contributed by atoms with Crippen LogP contribution in [0.5, 0.6) is 0 Å². The Hall–Kier alpha value is -0.933. The lowest BCUT2D eigenvalue weighted by Crippen LogP contribution is -2.41. The summed E-state index contributed by atoms with van der Waals surface area (Å²) in [6, 6.07) is 7.21. The lowest BCUT2D eigenvalue weighted by molar-refractivity contribution is 0.101. The number of carbonyl (C=O) groups is 1. The second-order valence-corrected chi connectivity index (χ2v) is 7.39. The molecule has 0 aliphatic heterocycles. The molecule has 0 aliphatic carbocycles. The van der Waals surface area contributed by atoms with Crippen molar-refractivity contribution >= 4 is 19.3 Å². The van der Waals surface area contributed by atoms with Crippen molar-refractivity contribution in [1.82, 2.24) is 0 Å². The molecule has 3 heteroatoms. The molecule has 0 unspecified atom stereocenters. The molecule has 1 aromatic rings. The number of benzene rings is 1. The van der Waals surface area contributed by atoms with Crippen LogP contribution in [0.15, 0.2) is 24.3 Å². The van der Waals surface area contributed by atoms with E-state index >= 15 is 0 Å². The van der Waals surface area contributed by atoms with E-state index in [0.717, 1.165) is 5.19 Å². The van der Waals surface area contributed by atoms with Crippen molar-refractivity contribution in [2.75, 3.05) is 0 Å². The monoisotopic (exact) mass is 194 g/mol. The number of rotatable bonds is 2. The fourth-order valence-corrected chi connectivity index (χ4v) is 2.10. The number of Topliss-reactive ketones (excluding diaryl/α,β-unsaturated/α-hetero) is 1. The number of hydrogen-bond acceptors (Lipinski definition) is 2. The average Bonchev–Trinajstić information content (AvgIpc) is 2.03. The van der Waals surface area contributed by atoms with Crippen molar-refractivity contribution in [2.45, 2.75) is 20.0 Å². The van der Waals surface area contributed by atoms with E-state index in [2.05, 4.69) is 0 Å². The minimum atomic E-state index is -2.20. The van der Waals surface area contributed by atoms with Gasteiger partial charge in [0, 0.05) is 5.56 Å². The van der Waals surface area contributed by atoms with Gasteiger partial charge in [0.1, 0.15) is 0 Å². The van der Waals surface area contributed by atoms with Gasteiger partial charge in [0.15, 0.2) is 5.78 Å². The van der Waals surface area contributed by atoms with E-state index in [0.29, 0.717) is 5.56 Å². The molecule has 13 heavy (non-hydrogen) atoms. The van der Waals surface area contributed by atoms with Crippen LogP contribution in [-0.2, 0) is 0 Å². The van der Waals surface area contributed by atoms with Gasteiger partial charge in [-0.25, -0.2) is 0 Å². The summed E-state index contributed by atoms with van der Waals surface area (Å²) in [5, 5.41) is 0.956.